The number of hydrogen-bond donors (Lipinski definition) is 1. The zero-order valence-corrected chi connectivity index (χ0v) is 8.00. The fourth-order valence-electron chi connectivity index (χ4n) is 0.714. The molecule has 0 aliphatic heterocycles. The Labute approximate surface area is 77.8 Å². The molecule has 0 bridgehead atoms. The second kappa shape index (κ2) is 3.62. The first-order valence-corrected chi connectivity index (χ1v) is 4.19. The molecule has 12 heavy (non-hydrogen) atoms. The summed E-state index contributed by atoms with van der Waals surface area (Å²) in [6, 6.07) is 0. The van der Waals surface area contributed by atoms with E-state index >= 15 is 0 Å². The van der Waals surface area contributed by atoms with Crippen molar-refractivity contribution in [2.75, 3.05) is 0 Å². The van der Waals surface area contributed by atoms with Gasteiger partial charge in [-0.25, -0.2) is 14.8 Å². The van der Waals surface area contributed by atoms with Crippen molar-refractivity contribution in [1.82, 2.24) is 9.97 Å². The van der Waals surface area contributed by atoms with Crippen LogP contribution in [0.2, 0.25) is 0 Å². The fourth-order valence-corrected chi connectivity index (χ4v) is 1.21. The van der Waals surface area contributed by atoms with Crippen molar-refractivity contribution in [3.05, 3.63) is 22.2 Å². The lowest BCUT2D eigenvalue weighted by Gasteiger charge is -1.98. The van der Waals surface area contributed by atoms with Crippen molar-refractivity contribution < 1.29 is 9.90 Å². The van der Waals surface area contributed by atoms with Gasteiger partial charge in [0.2, 0.25) is 0 Å². The maximum Gasteiger partial charge on any atom is 0.357 e. The second-order valence-corrected chi connectivity index (χ2v) is 2.91. The van der Waals surface area contributed by atoms with E-state index in [1.165, 1.54) is 6.20 Å². The van der Waals surface area contributed by atoms with E-state index in [0.29, 0.717) is 0 Å². The van der Waals surface area contributed by atoms with Crippen LogP contribution in [0.1, 0.15) is 23.1 Å². The molecule has 5 heteroatoms. The van der Waals surface area contributed by atoms with Gasteiger partial charge in [0.1, 0.15) is 4.60 Å². The molecule has 0 fully saturated rings. The SMILES string of the molecule is CCc1cnc(C(=O)O)c(Br)n1. The Morgan fingerprint density at radius 2 is 2.42 bits per heavy atom. The van der Waals surface area contributed by atoms with Crippen LogP contribution in [-0.2, 0) is 6.42 Å². The van der Waals surface area contributed by atoms with Crippen molar-refractivity contribution in [1.29, 1.82) is 0 Å². The van der Waals surface area contributed by atoms with Crippen LogP contribution in [-0.4, -0.2) is 21.0 Å². The number of aromatic nitrogens is 2. The molecule has 0 aliphatic rings. The molecule has 0 saturated heterocycles. The van der Waals surface area contributed by atoms with Crippen LogP contribution < -0.4 is 0 Å². The third kappa shape index (κ3) is 1.79. The molecule has 64 valence electrons. The van der Waals surface area contributed by atoms with Crippen molar-refractivity contribution >= 4 is 21.9 Å². The zero-order valence-electron chi connectivity index (χ0n) is 6.41. The molecule has 1 heterocycles. The summed E-state index contributed by atoms with van der Waals surface area (Å²) >= 11 is 3.03. The Morgan fingerprint density at radius 1 is 1.75 bits per heavy atom. The van der Waals surface area contributed by atoms with E-state index in [2.05, 4.69) is 25.9 Å². The number of carboxylic acids is 1. The summed E-state index contributed by atoms with van der Waals surface area (Å²) in [5.41, 5.74) is 0.721. The average molecular weight is 231 g/mol. The Morgan fingerprint density at radius 3 is 2.83 bits per heavy atom. The number of halogens is 1. The number of aryl methyl sites for hydroxylation is 1. The van der Waals surface area contributed by atoms with E-state index in [1.807, 2.05) is 6.92 Å². The summed E-state index contributed by atoms with van der Waals surface area (Å²) in [5, 5.41) is 8.60. The number of hydrogen-bond acceptors (Lipinski definition) is 3. The van der Waals surface area contributed by atoms with Crippen molar-refractivity contribution in [3.8, 4) is 0 Å². The minimum atomic E-state index is -1.07. The lowest BCUT2D eigenvalue weighted by atomic mass is 10.3. The molecule has 0 aliphatic carbocycles. The minimum absolute atomic E-state index is 0.0489. The second-order valence-electron chi connectivity index (χ2n) is 2.16. The monoisotopic (exact) mass is 230 g/mol. The van der Waals surface area contributed by atoms with Gasteiger partial charge in [-0.2, -0.15) is 0 Å². The highest BCUT2D eigenvalue weighted by atomic mass is 79.9. The summed E-state index contributed by atoms with van der Waals surface area (Å²) in [5.74, 6) is -1.07. The van der Waals surface area contributed by atoms with Gasteiger partial charge in [-0.15, -0.1) is 0 Å². The summed E-state index contributed by atoms with van der Waals surface area (Å²) in [7, 11) is 0. The van der Waals surface area contributed by atoms with Gasteiger partial charge in [0.15, 0.2) is 5.69 Å². The van der Waals surface area contributed by atoms with Crippen LogP contribution >= 0.6 is 15.9 Å². The van der Waals surface area contributed by atoms with Crippen LogP contribution in [0.5, 0.6) is 0 Å². The van der Waals surface area contributed by atoms with Crippen molar-refractivity contribution in [3.63, 3.8) is 0 Å². The first kappa shape index (κ1) is 9.12. The molecule has 0 spiro atoms. The Kier molecular flexibility index (Phi) is 2.75. The third-order valence-electron chi connectivity index (χ3n) is 1.34. The van der Waals surface area contributed by atoms with Crippen molar-refractivity contribution in [2.24, 2.45) is 0 Å². The normalized spacial score (nSPS) is 9.83. The highest BCUT2D eigenvalue weighted by Crippen LogP contribution is 2.11. The van der Waals surface area contributed by atoms with Gasteiger partial charge in [0.05, 0.1) is 5.69 Å². The van der Waals surface area contributed by atoms with Gasteiger partial charge in [0, 0.05) is 6.20 Å². The predicted octanol–water partition coefficient (Wildman–Crippen LogP) is 1.50. The van der Waals surface area contributed by atoms with E-state index in [4.69, 9.17) is 5.11 Å². The molecule has 0 aromatic carbocycles. The van der Waals surface area contributed by atoms with Crippen LogP contribution in [0.4, 0.5) is 0 Å². The molecule has 0 unspecified atom stereocenters. The standard InChI is InChI=1S/C7H7BrN2O2/c1-2-4-3-9-5(7(11)12)6(8)10-4/h3H,2H2,1H3,(H,11,12). The number of aromatic carboxylic acids is 1. The van der Waals surface area contributed by atoms with Gasteiger partial charge in [0.25, 0.3) is 0 Å². The molecular formula is C7H7BrN2O2. The molecule has 0 amide bonds. The maximum absolute atomic E-state index is 10.5. The van der Waals surface area contributed by atoms with E-state index in [9.17, 15) is 4.79 Å². The van der Waals surface area contributed by atoms with Crippen molar-refractivity contribution in [2.45, 2.75) is 13.3 Å². The summed E-state index contributed by atoms with van der Waals surface area (Å²) in [4.78, 5) is 18.2. The van der Waals surface area contributed by atoms with Gasteiger partial charge >= 0.3 is 5.97 Å². The average Bonchev–Trinajstić information content (AvgIpc) is 2.03. The van der Waals surface area contributed by atoms with E-state index < -0.39 is 5.97 Å². The largest absolute Gasteiger partial charge is 0.476 e. The lowest BCUT2D eigenvalue weighted by molar-refractivity contribution is 0.0688. The molecule has 1 aromatic rings. The Bertz CT molecular complexity index is 314. The van der Waals surface area contributed by atoms with Gasteiger partial charge in [-0.1, -0.05) is 6.92 Å². The Hall–Kier alpha value is -0.970. The van der Waals surface area contributed by atoms with Gasteiger partial charge < -0.3 is 5.11 Å². The first-order valence-electron chi connectivity index (χ1n) is 3.40. The zero-order chi connectivity index (χ0) is 9.14. The fraction of sp³-hybridized carbons (Fsp3) is 0.286. The van der Waals surface area contributed by atoms with Crippen LogP contribution in [0.3, 0.4) is 0 Å². The Balaban J connectivity index is 3.12. The lowest BCUT2D eigenvalue weighted by Crippen LogP contribution is -2.04. The molecule has 4 nitrogen and oxygen atoms in total. The predicted molar refractivity (Wildman–Crippen MR) is 46.1 cm³/mol. The quantitative estimate of drug-likeness (QED) is 0.837. The topological polar surface area (TPSA) is 63.1 Å². The molecule has 1 rings (SSSR count). The molecule has 0 atom stereocenters. The molecular weight excluding hydrogens is 224 g/mol. The summed E-state index contributed by atoms with van der Waals surface area (Å²) in [6.45, 7) is 1.93. The van der Waals surface area contributed by atoms with Crippen LogP contribution in [0, 0.1) is 0 Å². The van der Waals surface area contributed by atoms with Gasteiger partial charge in [-0.05, 0) is 22.4 Å². The molecule has 1 N–H and O–H groups in total. The summed E-state index contributed by atoms with van der Waals surface area (Å²) < 4.78 is 0.286. The number of carboxylic acid groups (broad SMARTS) is 1. The highest BCUT2D eigenvalue weighted by Gasteiger charge is 2.10. The maximum atomic E-state index is 10.5. The minimum Gasteiger partial charge on any atom is -0.476 e. The third-order valence-corrected chi connectivity index (χ3v) is 1.90. The molecule has 0 radical (unpaired) electrons. The van der Waals surface area contributed by atoms with E-state index in [-0.39, 0.29) is 10.3 Å². The van der Waals surface area contributed by atoms with Gasteiger partial charge in [-0.3, -0.25) is 0 Å². The first-order chi connectivity index (χ1) is 5.65. The van der Waals surface area contributed by atoms with Crippen LogP contribution in [0.15, 0.2) is 10.8 Å². The molecule has 0 saturated carbocycles. The van der Waals surface area contributed by atoms with E-state index in [0.717, 1.165) is 12.1 Å². The molecule has 1 aromatic heterocycles. The summed E-state index contributed by atoms with van der Waals surface area (Å²) in [6.07, 6.45) is 2.21. The van der Waals surface area contributed by atoms with Crippen LogP contribution in [0.25, 0.3) is 0 Å². The number of carbonyl (C=O) groups is 1. The number of rotatable bonds is 2. The highest BCUT2D eigenvalue weighted by molar-refractivity contribution is 9.10. The van der Waals surface area contributed by atoms with E-state index in [1.54, 1.807) is 0 Å². The smallest absolute Gasteiger partial charge is 0.357 e. The number of nitrogens with zero attached hydrogens (tertiary/aromatic N) is 2.